The van der Waals surface area contributed by atoms with E-state index < -0.39 is 15.6 Å². The highest BCUT2D eigenvalue weighted by atomic mass is 32.2. The zero-order valence-electron chi connectivity index (χ0n) is 12.8. The van der Waals surface area contributed by atoms with E-state index in [1.807, 2.05) is 6.92 Å². The van der Waals surface area contributed by atoms with Crippen molar-refractivity contribution in [3.05, 3.63) is 29.3 Å². The number of aryl methyl sites for hydroxylation is 1. The van der Waals surface area contributed by atoms with Gasteiger partial charge in [-0.2, -0.15) is 4.31 Å². The monoisotopic (exact) mass is 313 g/mol. The molecule has 0 aromatic heterocycles. The zero-order valence-corrected chi connectivity index (χ0v) is 13.6. The SMILES string of the molecule is COC1(C)CCCN(S(=O)(=O)c2cc(CO)ccc2C)C1. The molecule has 0 bridgehead atoms. The van der Waals surface area contributed by atoms with Gasteiger partial charge in [-0.1, -0.05) is 12.1 Å². The second kappa shape index (κ2) is 6.04. The molecule has 5 nitrogen and oxygen atoms in total. The Labute approximate surface area is 126 Å². The number of methoxy groups -OCH3 is 1. The number of aliphatic hydroxyl groups is 1. The lowest BCUT2D eigenvalue weighted by atomic mass is 9.96. The van der Waals surface area contributed by atoms with Gasteiger partial charge in [0.1, 0.15) is 0 Å². The quantitative estimate of drug-likeness (QED) is 0.918. The average Bonchev–Trinajstić information content (AvgIpc) is 2.47. The van der Waals surface area contributed by atoms with Crippen LogP contribution in [0, 0.1) is 6.92 Å². The summed E-state index contributed by atoms with van der Waals surface area (Å²) in [5.41, 5.74) is 0.857. The number of aliphatic hydroxyl groups excluding tert-OH is 1. The third kappa shape index (κ3) is 3.29. The Hall–Kier alpha value is -0.950. The van der Waals surface area contributed by atoms with Gasteiger partial charge in [-0.3, -0.25) is 0 Å². The van der Waals surface area contributed by atoms with Crippen molar-refractivity contribution in [1.29, 1.82) is 0 Å². The van der Waals surface area contributed by atoms with E-state index in [1.54, 1.807) is 32.2 Å². The molecule has 1 aromatic carbocycles. The first-order valence-corrected chi connectivity index (χ1v) is 8.52. The predicted octanol–water partition coefficient (Wildman–Crippen LogP) is 1.68. The number of rotatable bonds is 4. The van der Waals surface area contributed by atoms with Crippen molar-refractivity contribution < 1.29 is 18.3 Å². The summed E-state index contributed by atoms with van der Waals surface area (Å²) in [6.07, 6.45) is 1.63. The number of hydrogen-bond donors (Lipinski definition) is 1. The maximum Gasteiger partial charge on any atom is 0.243 e. The molecule has 1 aromatic rings. The lowest BCUT2D eigenvalue weighted by Crippen LogP contribution is -2.49. The number of nitrogens with zero attached hydrogens (tertiary/aromatic N) is 1. The molecule has 1 heterocycles. The fourth-order valence-electron chi connectivity index (χ4n) is 2.69. The molecule has 1 aliphatic rings. The molecule has 1 fully saturated rings. The van der Waals surface area contributed by atoms with Crippen molar-refractivity contribution in [2.24, 2.45) is 0 Å². The summed E-state index contributed by atoms with van der Waals surface area (Å²) >= 11 is 0. The van der Waals surface area contributed by atoms with Crippen molar-refractivity contribution in [3.8, 4) is 0 Å². The van der Waals surface area contributed by atoms with Gasteiger partial charge in [0.15, 0.2) is 0 Å². The van der Waals surface area contributed by atoms with Crippen LogP contribution in [0.3, 0.4) is 0 Å². The first-order chi connectivity index (χ1) is 9.82. The Morgan fingerprint density at radius 1 is 1.43 bits per heavy atom. The van der Waals surface area contributed by atoms with Gasteiger partial charge in [0.2, 0.25) is 10.0 Å². The van der Waals surface area contributed by atoms with Crippen molar-refractivity contribution >= 4 is 10.0 Å². The van der Waals surface area contributed by atoms with E-state index in [2.05, 4.69) is 0 Å². The number of ether oxygens (including phenoxy) is 1. The lowest BCUT2D eigenvalue weighted by molar-refractivity contribution is -0.0319. The Kier molecular flexibility index (Phi) is 4.72. The van der Waals surface area contributed by atoms with Gasteiger partial charge >= 0.3 is 0 Å². The first-order valence-electron chi connectivity index (χ1n) is 7.08. The Morgan fingerprint density at radius 2 is 2.14 bits per heavy atom. The largest absolute Gasteiger partial charge is 0.392 e. The fraction of sp³-hybridized carbons (Fsp3) is 0.600. The molecule has 0 aliphatic carbocycles. The average molecular weight is 313 g/mol. The van der Waals surface area contributed by atoms with Crippen LogP contribution in [0.4, 0.5) is 0 Å². The summed E-state index contributed by atoms with van der Waals surface area (Å²) < 4.78 is 32.7. The van der Waals surface area contributed by atoms with Gasteiger partial charge in [-0.05, 0) is 43.9 Å². The minimum Gasteiger partial charge on any atom is -0.392 e. The van der Waals surface area contributed by atoms with Crippen molar-refractivity contribution in [2.45, 2.75) is 43.8 Å². The molecule has 1 saturated heterocycles. The van der Waals surface area contributed by atoms with Crippen LogP contribution in [0.5, 0.6) is 0 Å². The van der Waals surface area contributed by atoms with Crippen molar-refractivity contribution in [3.63, 3.8) is 0 Å². The summed E-state index contributed by atoms with van der Waals surface area (Å²) in [5, 5.41) is 9.22. The van der Waals surface area contributed by atoms with Crippen LogP contribution in [0.15, 0.2) is 23.1 Å². The normalized spacial score (nSPS) is 24.2. The van der Waals surface area contributed by atoms with E-state index in [0.717, 1.165) is 12.8 Å². The Balaban J connectivity index is 2.38. The van der Waals surface area contributed by atoms with Crippen LogP contribution in [0.2, 0.25) is 0 Å². The molecule has 2 rings (SSSR count). The van der Waals surface area contributed by atoms with Gasteiger partial charge in [0.25, 0.3) is 0 Å². The van der Waals surface area contributed by atoms with E-state index in [0.29, 0.717) is 24.2 Å². The predicted molar refractivity (Wildman–Crippen MR) is 80.5 cm³/mol. The lowest BCUT2D eigenvalue weighted by Gasteiger charge is -2.38. The van der Waals surface area contributed by atoms with E-state index in [1.165, 1.54) is 4.31 Å². The molecule has 1 unspecified atom stereocenters. The molecule has 118 valence electrons. The Bertz CT molecular complexity index is 614. The highest BCUT2D eigenvalue weighted by Crippen LogP contribution is 2.29. The molecule has 0 radical (unpaired) electrons. The number of piperidine rings is 1. The van der Waals surface area contributed by atoms with Gasteiger partial charge < -0.3 is 9.84 Å². The second-order valence-electron chi connectivity index (χ2n) is 5.85. The van der Waals surface area contributed by atoms with Crippen LogP contribution in [0.1, 0.15) is 30.9 Å². The molecule has 21 heavy (non-hydrogen) atoms. The van der Waals surface area contributed by atoms with E-state index in [-0.39, 0.29) is 11.5 Å². The number of sulfonamides is 1. The maximum absolute atomic E-state index is 12.9. The molecule has 0 spiro atoms. The molecule has 1 aliphatic heterocycles. The maximum atomic E-state index is 12.9. The number of hydrogen-bond acceptors (Lipinski definition) is 4. The standard InChI is InChI=1S/C15H23NO4S/c1-12-5-6-13(10-17)9-14(12)21(18,19)16-8-4-7-15(2,11-16)20-3/h5-6,9,17H,4,7-8,10-11H2,1-3H3. The summed E-state index contributed by atoms with van der Waals surface area (Å²) in [6, 6.07) is 5.03. The second-order valence-corrected chi connectivity index (χ2v) is 7.76. The highest BCUT2D eigenvalue weighted by molar-refractivity contribution is 7.89. The van der Waals surface area contributed by atoms with Crippen molar-refractivity contribution in [2.75, 3.05) is 20.2 Å². The minimum absolute atomic E-state index is 0.168. The summed E-state index contributed by atoms with van der Waals surface area (Å²) in [5.74, 6) is 0. The zero-order chi connectivity index (χ0) is 15.7. The molecule has 0 amide bonds. The van der Waals surface area contributed by atoms with E-state index in [4.69, 9.17) is 4.74 Å². The third-order valence-corrected chi connectivity index (χ3v) is 6.16. The first kappa shape index (κ1) is 16.4. The Morgan fingerprint density at radius 3 is 2.76 bits per heavy atom. The third-order valence-electron chi connectivity index (χ3n) is 4.17. The van der Waals surface area contributed by atoms with Gasteiger partial charge in [0, 0.05) is 20.2 Å². The molecular weight excluding hydrogens is 290 g/mol. The van der Waals surface area contributed by atoms with Gasteiger partial charge in [0.05, 0.1) is 17.1 Å². The molecule has 0 saturated carbocycles. The molecule has 1 atom stereocenters. The smallest absolute Gasteiger partial charge is 0.243 e. The van der Waals surface area contributed by atoms with Crippen molar-refractivity contribution in [1.82, 2.24) is 4.31 Å². The summed E-state index contributed by atoms with van der Waals surface area (Å²) in [7, 11) is -1.95. The molecule has 6 heteroatoms. The fourth-order valence-corrected chi connectivity index (χ4v) is 4.56. The number of benzene rings is 1. The summed E-state index contributed by atoms with van der Waals surface area (Å²) in [4.78, 5) is 0.273. The van der Waals surface area contributed by atoms with Crippen LogP contribution in [0.25, 0.3) is 0 Å². The van der Waals surface area contributed by atoms with Gasteiger partial charge in [-0.15, -0.1) is 0 Å². The minimum atomic E-state index is -3.56. The topological polar surface area (TPSA) is 66.8 Å². The van der Waals surface area contributed by atoms with E-state index >= 15 is 0 Å². The van der Waals surface area contributed by atoms with E-state index in [9.17, 15) is 13.5 Å². The summed E-state index contributed by atoms with van der Waals surface area (Å²) in [6.45, 7) is 4.40. The van der Waals surface area contributed by atoms with Crippen LogP contribution < -0.4 is 0 Å². The van der Waals surface area contributed by atoms with Crippen LogP contribution >= 0.6 is 0 Å². The highest BCUT2D eigenvalue weighted by Gasteiger charge is 2.37. The van der Waals surface area contributed by atoms with Crippen LogP contribution in [-0.4, -0.2) is 43.6 Å². The van der Waals surface area contributed by atoms with Crippen LogP contribution in [-0.2, 0) is 21.4 Å². The molecular formula is C15H23NO4S. The molecule has 1 N–H and O–H groups in total. The van der Waals surface area contributed by atoms with Gasteiger partial charge in [-0.25, -0.2) is 8.42 Å².